The first kappa shape index (κ1) is 10.6. The Labute approximate surface area is 91.3 Å². The molecule has 3 nitrogen and oxygen atoms in total. The number of nitrogens with one attached hydrogen (secondary N) is 1. The largest absolute Gasteiger partial charge is 0.307 e. The van der Waals surface area contributed by atoms with Crippen LogP contribution in [0.4, 0.5) is 0 Å². The molecular formula is C12H19N3. The molecule has 0 radical (unpaired) electrons. The van der Waals surface area contributed by atoms with Crippen molar-refractivity contribution in [3.63, 3.8) is 0 Å². The van der Waals surface area contributed by atoms with E-state index in [9.17, 15) is 0 Å². The maximum Gasteiger partial charge on any atom is 0.145 e. The van der Waals surface area contributed by atoms with E-state index in [0.717, 1.165) is 24.7 Å². The molecule has 1 fully saturated rings. The highest BCUT2D eigenvalue weighted by Gasteiger charge is 2.26. The average Bonchev–Trinajstić information content (AvgIpc) is 3.09. The zero-order valence-corrected chi connectivity index (χ0v) is 9.32. The molecule has 0 spiro atoms. The normalized spacial score (nSPS) is 17.7. The van der Waals surface area contributed by atoms with Crippen molar-refractivity contribution < 1.29 is 0 Å². The Kier molecular flexibility index (Phi) is 3.67. The van der Waals surface area contributed by atoms with Gasteiger partial charge in [0, 0.05) is 12.4 Å². The maximum absolute atomic E-state index is 4.34. The third-order valence-corrected chi connectivity index (χ3v) is 2.80. The van der Waals surface area contributed by atoms with Gasteiger partial charge in [-0.2, -0.15) is 0 Å². The quantitative estimate of drug-likeness (QED) is 0.774. The monoisotopic (exact) mass is 205 g/mol. The molecule has 1 aromatic rings. The van der Waals surface area contributed by atoms with Gasteiger partial charge in [-0.05, 0) is 31.4 Å². The molecule has 1 heterocycles. The van der Waals surface area contributed by atoms with E-state index in [4.69, 9.17) is 0 Å². The van der Waals surface area contributed by atoms with Crippen LogP contribution in [0.3, 0.4) is 0 Å². The summed E-state index contributed by atoms with van der Waals surface area (Å²) in [6.07, 6.45) is 8.79. The fourth-order valence-corrected chi connectivity index (χ4v) is 1.78. The predicted molar refractivity (Wildman–Crippen MR) is 60.4 cm³/mol. The molecule has 1 N–H and O–H groups in total. The molecule has 0 aromatic carbocycles. The maximum atomic E-state index is 4.34. The minimum absolute atomic E-state index is 0.360. The van der Waals surface area contributed by atoms with E-state index >= 15 is 0 Å². The summed E-state index contributed by atoms with van der Waals surface area (Å²) in [4.78, 5) is 8.68. The molecule has 2 rings (SSSR count). The van der Waals surface area contributed by atoms with E-state index in [1.165, 1.54) is 19.3 Å². The van der Waals surface area contributed by atoms with Gasteiger partial charge in [-0.15, -0.1) is 0 Å². The molecule has 0 bridgehead atoms. The van der Waals surface area contributed by atoms with Gasteiger partial charge in [0.1, 0.15) is 5.82 Å². The van der Waals surface area contributed by atoms with Crippen LogP contribution in [0.5, 0.6) is 0 Å². The van der Waals surface area contributed by atoms with Crippen LogP contribution in [0.2, 0.25) is 0 Å². The fraction of sp³-hybridized carbons (Fsp3) is 0.667. The second-order valence-corrected chi connectivity index (χ2v) is 4.29. The van der Waals surface area contributed by atoms with Crippen LogP contribution in [0, 0.1) is 5.92 Å². The van der Waals surface area contributed by atoms with Crippen molar-refractivity contribution in [1.29, 1.82) is 0 Å². The van der Waals surface area contributed by atoms with Crippen molar-refractivity contribution in [3.8, 4) is 0 Å². The Morgan fingerprint density at radius 3 is 2.73 bits per heavy atom. The summed E-state index contributed by atoms with van der Waals surface area (Å²) in [5.74, 6) is 1.86. The molecule has 1 aromatic heterocycles. The zero-order chi connectivity index (χ0) is 10.5. The van der Waals surface area contributed by atoms with Crippen LogP contribution < -0.4 is 5.32 Å². The van der Waals surface area contributed by atoms with Gasteiger partial charge in [-0.1, -0.05) is 19.8 Å². The van der Waals surface area contributed by atoms with Gasteiger partial charge >= 0.3 is 0 Å². The van der Waals surface area contributed by atoms with E-state index < -0.39 is 0 Å². The van der Waals surface area contributed by atoms with Crippen LogP contribution in [0.1, 0.15) is 44.5 Å². The van der Waals surface area contributed by atoms with Gasteiger partial charge in [-0.3, -0.25) is 0 Å². The summed E-state index contributed by atoms with van der Waals surface area (Å²) >= 11 is 0. The molecular weight excluding hydrogens is 186 g/mol. The van der Waals surface area contributed by atoms with Crippen LogP contribution in [0.15, 0.2) is 18.5 Å². The predicted octanol–water partition coefficient (Wildman–Crippen LogP) is 2.32. The highest BCUT2D eigenvalue weighted by atomic mass is 15.0. The van der Waals surface area contributed by atoms with Gasteiger partial charge in [0.05, 0.1) is 6.04 Å². The Hall–Kier alpha value is -0.960. The van der Waals surface area contributed by atoms with E-state index in [-0.39, 0.29) is 0 Å². The molecule has 1 saturated carbocycles. The van der Waals surface area contributed by atoms with E-state index in [1.54, 1.807) is 0 Å². The van der Waals surface area contributed by atoms with Crippen molar-refractivity contribution in [2.45, 2.75) is 38.6 Å². The minimum atomic E-state index is 0.360. The summed E-state index contributed by atoms with van der Waals surface area (Å²) in [7, 11) is 0. The SMILES string of the molecule is CCCNC(CC1CC1)c1ncccn1. The zero-order valence-electron chi connectivity index (χ0n) is 9.32. The van der Waals surface area contributed by atoms with Crippen LogP contribution in [0.25, 0.3) is 0 Å². The van der Waals surface area contributed by atoms with Crippen LogP contribution >= 0.6 is 0 Å². The molecule has 82 valence electrons. The van der Waals surface area contributed by atoms with E-state index in [0.29, 0.717) is 6.04 Å². The Morgan fingerprint density at radius 2 is 2.13 bits per heavy atom. The third kappa shape index (κ3) is 3.27. The Balaban J connectivity index is 1.96. The number of nitrogens with zero attached hydrogens (tertiary/aromatic N) is 2. The molecule has 0 amide bonds. The molecule has 0 saturated heterocycles. The number of aromatic nitrogens is 2. The number of hydrogen-bond donors (Lipinski definition) is 1. The number of rotatable bonds is 6. The first-order valence-electron chi connectivity index (χ1n) is 5.90. The lowest BCUT2D eigenvalue weighted by molar-refractivity contribution is 0.453. The molecule has 1 atom stereocenters. The summed E-state index contributed by atoms with van der Waals surface area (Å²) in [6, 6.07) is 2.23. The lowest BCUT2D eigenvalue weighted by Gasteiger charge is -2.16. The molecule has 1 aliphatic rings. The highest BCUT2D eigenvalue weighted by molar-refractivity contribution is 4.97. The van der Waals surface area contributed by atoms with Gasteiger partial charge in [0.2, 0.25) is 0 Å². The second-order valence-electron chi connectivity index (χ2n) is 4.29. The first-order chi connectivity index (χ1) is 7.40. The number of hydrogen-bond acceptors (Lipinski definition) is 3. The lowest BCUT2D eigenvalue weighted by Crippen LogP contribution is -2.24. The van der Waals surface area contributed by atoms with Crippen molar-refractivity contribution >= 4 is 0 Å². The van der Waals surface area contributed by atoms with Crippen molar-refractivity contribution in [2.24, 2.45) is 5.92 Å². The third-order valence-electron chi connectivity index (χ3n) is 2.80. The summed E-state index contributed by atoms with van der Waals surface area (Å²) < 4.78 is 0. The van der Waals surface area contributed by atoms with Gasteiger partial charge in [-0.25, -0.2) is 9.97 Å². The Bertz CT molecular complexity index is 282. The average molecular weight is 205 g/mol. The Morgan fingerprint density at radius 1 is 1.40 bits per heavy atom. The van der Waals surface area contributed by atoms with E-state index in [2.05, 4.69) is 22.2 Å². The minimum Gasteiger partial charge on any atom is -0.307 e. The van der Waals surface area contributed by atoms with Crippen LogP contribution in [-0.2, 0) is 0 Å². The lowest BCUT2D eigenvalue weighted by atomic mass is 10.1. The molecule has 1 aliphatic carbocycles. The topological polar surface area (TPSA) is 37.8 Å². The fourth-order valence-electron chi connectivity index (χ4n) is 1.78. The van der Waals surface area contributed by atoms with Crippen molar-refractivity contribution in [3.05, 3.63) is 24.3 Å². The van der Waals surface area contributed by atoms with Gasteiger partial charge in [0.15, 0.2) is 0 Å². The van der Waals surface area contributed by atoms with Crippen molar-refractivity contribution in [1.82, 2.24) is 15.3 Å². The smallest absolute Gasteiger partial charge is 0.145 e. The first-order valence-corrected chi connectivity index (χ1v) is 5.90. The molecule has 0 aliphatic heterocycles. The van der Waals surface area contributed by atoms with Crippen LogP contribution in [-0.4, -0.2) is 16.5 Å². The highest BCUT2D eigenvalue weighted by Crippen LogP contribution is 2.36. The molecule has 15 heavy (non-hydrogen) atoms. The van der Waals surface area contributed by atoms with Crippen molar-refractivity contribution in [2.75, 3.05) is 6.54 Å². The molecule has 1 unspecified atom stereocenters. The summed E-state index contributed by atoms with van der Waals surface area (Å²) in [5, 5.41) is 3.53. The van der Waals surface area contributed by atoms with Gasteiger partial charge in [0.25, 0.3) is 0 Å². The van der Waals surface area contributed by atoms with E-state index in [1.807, 2.05) is 18.5 Å². The summed E-state index contributed by atoms with van der Waals surface area (Å²) in [5.41, 5.74) is 0. The second kappa shape index (κ2) is 5.21. The molecule has 3 heteroatoms. The van der Waals surface area contributed by atoms with Gasteiger partial charge < -0.3 is 5.32 Å². The summed E-state index contributed by atoms with van der Waals surface area (Å²) in [6.45, 7) is 3.24. The standard InChI is InChI=1S/C12H19N3/c1-2-6-13-11(9-10-4-5-10)12-14-7-3-8-15-12/h3,7-8,10-11,13H,2,4-6,9H2,1H3.